The van der Waals surface area contributed by atoms with Crippen LogP contribution in [0.5, 0.6) is 0 Å². The topological polar surface area (TPSA) is 20.2 Å². The first-order valence-electron chi connectivity index (χ1n) is 6.02. The second-order valence-electron chi connectivity index (χ2n) is 5.95. The van der Waals surface area contributed by atoms with Crippen LogP contribution in [0.2, 0.25) is 0 Å². The van der Waals surface area contributed by atoms with E-state index in [1.165, 1.54) is 25.7 Å². The van der Waals surface area contributed by atoms with Crippen LogP contribution in [-0.4, -0.2) is 11.2 Å². The van der Waals surface area contributed by atoms with Crippen molar-refractivity contribution in [2.75, 3.05) is 0 Å². The molecule has 13 heavy (non-hydrogen) atoms. The molecule has 7 atom stereocenters. The normalized spacial score (nSPS) is 67.6. The van der Waals surface area contributed by atoms with Gasteiger partial charge in [0.2, 0.25) is 0 Å². The molecule has 4 aliphatic carbocycles. The Bertz CT molecular complexity index is 250. The standard InChI is InChI=1S/C12H18O/c13-10-5-8-4-9(10)12-7-2-1-6(3-7)11(8)12/h6-13H,1-5H2/t6-,7+,8-,9+,10-,11+,12-/m1/s1. The van der Waals surface area contributed by atoms with Crippen LogP contribution in [0.25, 0.3) is 0 Å². The Kier molecular flexibility index (Phi) is 1.19. The van der Waals surface area contributed by atoms with E-state index in [1.54, 1.807) is 0 Å². The van der Waals surface area contributed by atoms with Crippen LogP contribution in [0, 0.1) is 35.5 Å². The van der Waals surface area contributed by atoms with Gasteiger partial charge in [0.15, 0.2) is 0 Å². The van der Waals surface area contributed by atoms with E-state index in [2.05, 4.69) is 0 Å². The molecule has 0 aromatic heterocycles. The average Bonchev–Trinajstić information content (AvgIpc) is 2.78. The predicted octanol–water partition coefficient (Wildman–Crippen LogP) is 2.05. The number of hydrogen-bond donors (Lipinski definition) is 1. The van der Waals surface area contributed by atoms with Crippen LogP contribution in [0.3, 0.4) is 0 Å². The SMILES string of the molecule is O[C@@H]1C[C@H]2C[C@@H]1[C@H]1[C@H]3CC[C@H](C3)[C@@H]21. The summed E-state index contributed by atoms with van der Waals surface area (Å²) in [5.41, 5.74) is 0. The molecule has 1 N–H and O–H groups in total. The first-order valence-corrected chi connectivity index (χ1v) is 6.02. The molecule has 0 heterocycles. The van der Waals surface area contributed by atoms with Gasteiger partial charge in [0, 0.05) is 0 Å². The quantitative estimate of drug-likeness (QED) is 0.563. The zero-order valence-electron chi connectivity index (χ0n) is 8.02. The summed E-state index contributed by atoms with van der Waals surface area (Å²) >= 11 is 0. The molecular formula is C12H18O. The van der Waals surface area contributed by atoms with Crippen molar-refractivity contribution < 1.29 is 5.11 Å². The van der Waals surface area contributed by atoms with Gasteiger partial charge in [-0.3, -0.25) is 0 Å². The van der Waals surface area contributed by atoms with E-state index in [4.69, 9.17) is 0 Å². The monoisotopic (exact) mass is 178 g/mol. The molecule has 4 fully saturated rings. The van der Waals surface area contributed by atoms with Crippen molar-refractivity contribution in [3.63, 3.8) is 0 Å². The van der Waals surface area contributed by atoms with E-state index in [1.807, 2.05) is 0 Å². The Hall–Kier alpha value is -0.0400. The molecule has 0 radical (unpaired) electrons. The summed E-state index contributed by atoms with van der Waals surface area (Å²) in [6.45, 7) is 0. The van der Waals surface area contributed by atoms with Gasteiger partial charge in [-0.2, -0.15) is 0 Å². The molecule has 4 aliphatic rings. The van der Waals surface area contributed by atoms with Crippen molar-refractivity contribution in [1.29, 1.82) is 0 Å². The van der Waals surface area contributed by atoms with Crippen molar-refractivity contribution in [1.82, 2.24) is 0 Å². The highest BCUT2D eigenvalue weighted by Gasteiger charge is 2.61. The van der Waals surface area contributed by atoms with Crippen LogP contribution < -0.4 is 0 Å². The lowest BCUT2D eigenvalue weighted by molar-refractivity contribution is 0.0291. The number of aliphatic hydroxyl groups is 1. The molecular weight excluding hydrogens is 160 g/mol. The largest absolute Gasteiger partial charge is 0.393 e. The summed E-state index contributed by atoms with van der Waals surface area (Å²) < 4.78 is 0. The fraction of sp³-hybridized carbons (Fsp3) is 1.00. The van der Waals surface area contributed by atoms with Crippen LogP contribution in [0.15, 0.2) is 0 Å². The zero-order valence-corrected chi connectivity index (χ0v) is 8.02. The minimum Gasteiger partial charge on any atom is -0.393 e. The molecule has 0 aliphatic heterocycles. The van der Waals surface area contributed by atoms with Gasteiger partial charge >= 0.3 is 0 Å². The molecule has 0 aromatic carbocycles. The Morgan fingerprint density at radius 1 is 0.769 bits per heavy atom. The van der Waals surface area contributed by atoms with Crippen molar-refractivity contribution >= 4 is 0 Å². The summed E-state index contributed by atoms with van der Waals surface area (Å²) in [4.78, 5) is 0. The molecule has 4 saturated carbocycles. The fourth-order valence-electron chi connectivity index (χ4n) is 5.53. The molecule has 0 aromatic rings. The highest BCUT2D eigenvalue weighted by atomic mass is 16.3. The van der Waals surface area contributed by atoms with Gasteiger partial charge in [-0.05, 0) is 67.6 Å². The number of aliphatic hydroxyl groups excluding tert-OH is 1. The number of fused-ring (bicyclic) bond motifs is 9. The number of rotatable bonds is 0. The minimum absolute atomic E-state index is 0.0885. The summed E-state index contributed by atoms with van der Waals surface area (Å²) in [7, 11) is 0. The lowest BCUT2D eigenvalue weighted by atomic mass is 9.70. The smallest absolute Gasteiger partial charge is 0.0574 e. The second-order valence-corrected chi connectivity index (χ2v) is 5.95. The maximum Gasteiger partial charge on any atom is 0.0574 e. The third kappa shape index (κ3) is 0.707. The van der Waals surface area contributed by atoms with Crippen molar-refractivity contribution in [2.45, 2.75) is 38.2 Å². The van der Waals surface area contributed by atoms with E-state index in [0.717, 1.165) is 41.9 Å². The summed E-state index contributed by atoms with van der Waals surface area (Å²) in [6, 6.07) is 0. The zero-order chi connectivity index (χ0) is 8.58. The van der Waals surface area contributed by atoms with Gasteiger partial charge in [-0.25, -0.2) is 0 Å². The Labute approximate surface area is 79.5 Å². The molecule has 4 rings (SSSR count). The van der Waals surface area contributed by atoms with Crippen molar-refractivity contribution in [3.8, 4) is 0 Å². The second kappa shape index (κ2) is 2.13. The Morgan fingerprint density at radius 3 is 2.38 bits per heavy atom. The Balaban J connectivity index is 1.75. The summed E-state index contributed by atoms with van der Waals surface area (Å²) in [5.74, 6) is 5.79. The summed E-state index contributed by atoms with van der Waals surface area (Å²) in [5, 5.41) is 9.89. The van der Waals surface area contributed by atoms with Crippen molar-refractivity contribution in [2.24, 2.45) is 35.5 Å². The van der Waals surface area contributed by atoms with Gasteiger partial charge in [-0.15, -0.1) is 0 Å². The molecule has 0 saturated heterocycles. The minimum atomic E-state index is 0.0885. The van der Waals surface area contributed by atoms with E-state index < -0.39 is 0 Å². The maximum atomic E-state index is 9.89. The molecule has 1 nitrogen and oxygen atoms in total. The molecule has 0 unspecified atom stereocenters. The van der Waals surface area contributed by atoms with Gasteiger partial charge < -0.3 is 5.11 Å². The van der Waals surface area contributed by atoms with E-state index in [0.29, 0.717) is 0 Å². The predicted molar refractivity (Wildman–Crippen MR) is 50.0 cm³/mol. The van der Waals surface area contributed by atoms with Crippen LogP contribution in [0.1, 0.15) is 32.1 Å². The first kappa shape index (κ1) is 7.28. The number of hydrogen-bond acceptors (Lipinski definition) is 1. The lowest BCUT2D eigenvalue weighted by Gasteiger charge is -2.36. The third-order valence-electron chi connectivity index (χ3n) is 5.70. The maximum absolute atomic E-state index is 9.89. The summed E-state index contributed by atoms with van der Waals surface area (Å²) in [6.07, 6.45) is 7.14. The molecule has 0 amide bonds. The van der Waals surface area contributed by atoms with Gasteiger partial charge in [0.25, 0.3) is 0 Å². The van der Waals surface area contributed by atoms with E-state index in [9.17, 15) is 5.11 Å². The fourth-order valence-corrected chi connectivity index (χ4v) is 5.53. The average molecular weight is 178 g/mol. The van der Waals surface area contributed by atoms with E-state index in [-0.39, 0.29) is 6.10 Å². The van der Waals surface area contributed by atoms with Crippen LogP contribution in [0.4, 0.5) is 0 Å². The van der Waals surface area contributed by atoms with Gasteiger partial charge in [0.1, 0.15) is 0 Å². The van der Waals surface area contributed by atoms with E-state index >= 15 is 0 Å². The highest BCUT2D eigenvalue weighted by Crippen LogP contribution is 2.67. The van der Waals surface area contributed by atoms with Crippen molar-refractivity contribution in [3.05, 3.63) is 0 Å². The van der Waals surface area contributed by atoms with Crippen LogP contribution >= 0.6 is 0 Å². The third-order valence-corrected chi connectivity index (χ3v) is 5.70. The van der Waals surface area contributed by atoms with Gasteiger partial charge in [0.05, 0.1) is 6.10 Å². The Morgan fingerprint density at radius 2 is 1.54 bits per heavy atom. The molecule has 1 heteroatoms. The lowest BCUT2D eigenvalue weighted by Crippen LogP contribution is -2.34. The first-order chi connectivity index (χ1) is 6.34. The van der Waals surface area contributed by atoms with Crippen LogP contribution in [-0.2, 0) is 0 Å². The molecule has 72 valence electrons. The molecule has 0 spiro atoms. The molecule has 4 bridgehead atoms. The highest BCUT2D eigenvalue weighted by molar-refractivity contribution is 5.10. The van der Waals surface area contributed by atoms with Gasteiger partial charge in [-0.1, -0.05) is 0 Å².